The molecule has 0 aromatic carbocycles. The van der Waals surface area contributed by atoms with Crippen LogP contribution in [-0.4, -0.2) is 18.9 Å². The lowest BCUT2D eigenvalue weighted by Gasteiger charge is -2.17. The molecule has 1 saturated carbocycles. The van der Waals surface area contributed by atoms with Crippen molar-refractivity contribution < 1.29 is 4.79 Å². The van der Waals surface area contributed by atoms with E-state index in [-0.39, 0.29) is 6.04 Å². The Hall–Kier alpha value is -0.370. The van der Waals surface area contributed by atoms with Crippen LogP contribution in [0.25, 0.3) is 0 Å². The van der Waals surface area contributed by atoms with Gasteiger partial charge in [-0.05, 0) is 26.8 Å². The quantitative estimate of drug-likeness (QED) is 0.679. The molecule has 0 aromatic rings. The Labute approximate surface area is 81.1 Å². The average Bonchev–Trinajstić information content (AvgIpc) is 2.43. The van der Waals surface area contributed by atoms with Crippen LogP contribution in [0.4, 0.5) is 0 Å². The number of hydrogen-bond acceptors (Lipinski definition) is 2. The normalized spacial score (nSPS) is 22.3. The molecule has 0 aliphatic heterocycles. The summed E-state index contributed by atoms with van der Waals surface area (Å²) in [7, 11) is 1.86. The van der Waals surface area contributed by atoms with Crippen LogP contribution in [0.15, 0.2) is 0 Å². The minimum atomic E-state index is 0.0445. The molecule has 0 amide bonds. The van der Waals surface area contributed by atoms with E-state index < -0.39 is 0 Å². The molecule has 1 aliphatic rings. The predicted molar refractivity (Wildman–Crippen MR) is 54.7 cm³/mol. The summed E-state index contributed by atoms with van der Waals surface area (Å²) in [5, 5.41) is 3.03. The summed E-state index contributed by atoms with van der Waals surface area (Å²) in [6.45, 7) is 1.97. The molecule has 1 rings (SSSR count). The highest BCUT2D eigenvalue weighted by molar-refractivity contribution is 5.85. The van der Waals surface area contributed by atoms with Gasteiger partial charge < -0.3 is 5.32 Å². The van der Waals surface area contributed by atoms with Crippen molar-refractivity contribution in [1.29, 1.82) is 0 Å². The van der Waals surface area contributed by atoms with Gasteiger partial charge in [-0.3, -0.25) is 4.79 Å². The van der Waals surface area contributed by atoms with E-state index >= 15 is 0 Å². The molecule has 1 unspecified atom stereocenters. The van der Waals surface area contributed by atoms with Crippen molar-refractivity contribution in [2.24, 2.45) is 5.92 Å². The number of rotatable bonds is 3. The Morgan fingerprint density at radius 3 is 2.23 bits per heavy atom. The van der Waals surface area contributed by atoms with Crippen molar-refractivity contribution in [3.63, 3.8) is 0 Å². The van der Waals surface area contributed by atoms with Gasteiger partial charge in [0.15, 0.2) is 5.78 Å². The van der Waals surface area contributed by atoms with E-state index in [0.717, 1.165) is 12.8 Å². The van der Waals surface area contributed by atoms with Crippen LogP contribution in [0, 0.1) is 5.92 Å². The molecule has 0 spiro atoms. The van der Waals surface area contributed by atoms with Crippen LogP contribution in [0.1, 0.15) is 45.4 Å². The first-order valence-electron chi connectivity index (χ1n) is 5.46. The lowest BCUT2D eigenvalue weighted by molar-refractivity contribution is -0.124. The number of hydrogen-bond donors (Lipinski definition) is 1. The van der Waals surface area contributed by atoms with E-state index in [0.29, 0.717) is 11.7 Å². The minimum Gasteiger partial charge on any atom is -0.311 e. The van der Waals surface area contributed by atoms with Gasteiger partial charge in [0, 0.05) is 5.92 Å². The van der Waals surface area contributed by atoms with Crippen LogP contribution in [0.5, 0.6) is 0 Å². The van der Waals surface area contributed by atoms with E-state index in [1.165, 1.54) is 25.7 Å². The molecule has 13 heavy (non-hydrogen) atoms. The third-order valence-corrected chi connectivity index (χ3v) is 3.12. The fourth-order valence-electron chi connectivity index (χ4n) is 2.06. The maximum absolute atomic E-state index is 11.8. The monoisotopic (exact) mass is 183 g/mol. The zero-order valence-electron chi connectivity index (χ0n) is 8.81. The van der Waals surface area contributed by atoms with Crippen molar-refractivity contribution in [1.82, 2.24) is 5.32 Å². The van der Waals surface area contributed by atoms with E-state index in [2.05, 4.69) is 5.32 Å². The second-order valence-electron chi connectivity index (χ2n) is 4.10. The SMILES string of the molecule is CNC(C)C(=O)C1CCCCCC1. The van der Waals surface area contributed by atoms with Crippen molar-refractivity contribution in [3.05, 3.63) is 0 Å². The molecule has 76 valence electrons. The summed E-state index contributed by atoms with van der Waals surface area (Å²) in [6, 6.07) is 0.0445. The van der Waals surface area contributed by atoms with Gasteiger partial charge in [-0.15, -0.1) is 0 Å². The van der Waals surface area contributed by atoms with Gasteiger partial charge in [0.25, 0.3) is 0 Å². The largest absolute Gasteiger partial charge is 0.311 e. The van der Waals surface area contributed by atoms with Crippen LogP contribution in [0.2, 0.25) is 0 Å². The summed E-state index contributed by atoms with van der Waals surface area (Å²) in [5.41, 5.74) is 0. The predicted octanol–water partition coefficient (Wildman–Crippen LogP) is 2.13. The van der Waals surface area contributed by atoms with E-state index in [4.69, 9.17) is 0 Å². The molecule has 0 heterocycles. The van der Waals surface area contributed by atoms with E-state index in [9.17, 15) is 4.79 Å². The van der Waals surface area contributed by atoms with Gasteiger partial charge in [-0.1, -0.05) is 25.7 Å². The van der Waals surface area contributed by atoms with Gasteiger partial charge in [-0.2, -0.15) is 0 Å². The molecule has 2 heteroatoms. The highest BCUT2D eigenvalue weighted by Gasteiger charge is 2.23. The maximum Gasteiger partial charge on any atom is 0.152 e. The zero-order valence-corrected chi connectivity index (χ0v) is 8.81. The summed E-state index contributed by atoms with van der Waals surface area (Å²) < 4.78 is 0. The Kier molecular flexibility index (Phi) is 4.43. The summed E-state index contributed by atoms with van der Waals surface area (Å²) in [5.74, 6) is 0.759. The zero-order chi connectivity index (χ0) is 9.68. The fraction of sp³-hybridized carbons (Fsp3) is 0.909. The van der Waals surface area contributed by atoms with Gasteiger partial charge >= 0.3 is 0 Å². The molecule has 1 atom stereocenters. The smallest absolute Gasteiger partial charge is 0.152 e. The van der Waals surface area contributed by atoms with Crippen LogP contribution >= 0.6 is 0 Å². The van der Waals surface area contributed by atoms with Crippen molar-refractivity contribution in [3.8, 4) is 0 Å². The summed E-state index contributed by atoms with van der Waals surface area (Å²) in [4.78, 5) is 11.8. The molecule has 2 nitrogen and oxygen atoms in total. The number of Topliss-reactive ketones (excluding diaryl/α,β-unsaturated/α-hetero) is 1. The number of ketones is 1. The maximum atomic E-state index is 11.8. The van der Waals surface area contributed by atoms with Gasteiger partial charge in [0.1, 0.15) is 0 Å². The first-order chi connectivity index (χ1) is 6.25. The summed E-state index contributed by atoms with van der Waals surface area (Å²) in [6.07, 6.45) is 7.35. The molecule has 0 aromatic heterocycles. The Bertz CT molecular complexity index is 159. The molecule has 1 N–H and O–H groups in total. The molecule has 0 radical (unpaired) electrons. The van der Waals surface area contributed by atoms with Crippen LogP contribution < -0.4 is 5.32 Å². The number of likely N-dealkylation sites (N-methyl/N-ethyl adjacent to an activating group) is 1. The first kappa shape index (κ1) is 10.7. The third kappa shape index (κ3) is 3.11. The highest BCUT2D eigenvalue weighted by Crippen LogP contribution is 2.24. The second-order valence-corrected chi connectivity index (χ2v) is 4.10. The lowest BCUT2D eigenvalue weighted by atomic mass is 9.92. The Morgan fingerprint density at radius 2 is 1.77 bits per heavy atom. The van der Waals surface area contributed by atoms with Crippen LogP contribution in [-0.2, 0) is 4.79 Å². The van der Waals surface area contributed by atoms with Crippen LogP contribution in [0.3, 0.4) is 0 Å². The van der Waals surface area contributed by atoms with Crippen molar-refractivity contribution >= 4 is 5.78 Å². The molecule has 1 fully saturated rings. The van der Waals surface area contributed by atoms with Crippen molar-refractivity contribution in [2.45, 2.75) is 51.5 Å². The summed E-state index contributed by atoms with van der Waals surface area (Å²) >= 11 is 0. The van der Waals surface area contributed by atoms with E-state index in [1.807, 2.05) is 14.0 Å². The van der Waals surface area contributed by atoms with Gasteiger partial charge in [0.05, 0.1) is 6.04 Å². The second kappa shape index (κ2) is 5.38. The lowest BCUT2D eigenvalue weighted by Crippen LogP contribution is -2.35. The topological polar surface area (TPSA) is 29.1 Å². The van der Waals surface area contributed by atoms with Crippen molar-refractivity contribution in [2.75, 3.05) is 7.05 Å². The Morgan fingerprint density at radius 1 is 1.23 bits per heavy atom. The van der Waals surface area contributed by atoms with Gasteiger partial charge in [-0.25, -0.2) is 0 Å². The molecular weight excluding hydrogens is 162 g/mol. The standard InChI is InChI=1S/C11H21NO/c1-9(12-2)11(13)10-7-5-3-4-6-8-10/h9-10,12H,3-8H2,1-2H3. The number of carbonyl (C=O) groups excluding carboxylic acids is 1. The third-order valence-electron chi connectivity index (χ3n) is 3.12. The molecular formula is C11H21NO. The number of carbonyl (C=O) groups is 1. The molecule has 0 bridgehead atoms. The van der Waals surface area contributed by atoms with E-state index in [1.54, 1.807) is 0 Å². The molecule has 0 saturated heterocycles. The fourth-order valence-corrected chi connectivity index (χ4v) is 2.06. The first-order valence-corrected chi connectivity index (χ1v) is 5.46. The number of nitrogens with one attached hydrogen (secondary N) is 1. The average molecular weight is 183 g/mol. The van der Waals surface area contributed by atoms with Gasteiger partial charge in [0.2, 0.25) is 0 Å². The highest BCUT2D eigenvalue weighted by atomic mass is 16.1. The Balaban J connectivity index is 2.43. The minimum absolute atomic E-state index is 0.0445. The molecule has 1 aliphatic carbocycles.